The summed E-state index contributed by atoms with van der Waals surface area (Å²) in [6.07, 6.45) is 0. The quantitative estimate of drug-likeness (QED) is 0.544. The van der Waals surface area contributed by atoms with Crippen molar-refractivity contribution < 1.29 is 36.9 Å². The smallest absolute Gasteiger partial charge is 0.320 e. The molecular weight excluding hydrogens is 268 g/mol. The van der Waals surface area contributed by atoms with E-state index in [4.69, 9.17) is 21.7 Å². The number of nitrogens with two attached hydrogens (primary N) is 2. The van der Waals surface area contributed by atoms with Crippen LogP contribution in [0.25, 0.3) is 0 Å². The third-order valence-electron chi connectivity index (χ3n) is 2.01. The molecule has 0 aliphatic carbocycles. The molecule has 0 spiro atoms. The fraction of sp³-hybridized carbons (Fsp3) is 0.800. The Morgan fingerprint density at radius 2 is 1.00 bits per heavy atom. The van der Waals surface area contributed by atoms with Crippen molar-refractivity contribution in [1.82, 2.24) is 0 Å². The number of aliphatic carboxylic acids is 2. The van der Waals surface area contributed by atoms with E-state index in [2.05, 4.69) is 0 Å². The van der Waals surface area contributed by atoms with E-state index in [1.165, 1.54) is 0 Å². The number of carbonyl (C=O) groups is 2. The summed E-state index contributed by atoms with van der Waals surface area (Å²) >= 11 is 0. The van der Waals surface area contributed by atoms with E-state index in [1.807, 2.05) is 0 Å². The molecule has 2 atom stereocenters. The van der Waals surface area contributed by atoms with Gasteiger partial charge in [-0.05, 0) is 11.8 Å². The maximum absolute atomic E-state index is 10.0. The third kappa shape index (κ3) is 11.6. The van der Waals surface area contributed by atoms with Gasteiger partial charge in [-0.25, -0.2) is 0 Å². The molecule has 7 heteroatoms. The van der Waals surface area contributed by atoms with Gasteiger partial charge >= 0.3 is 11.9 Å². The van der Waals surface area contributed by atoms with Crippen LogP contribution in [0.4, 0.5) is 0 Å². The van der Waals surface area contributed by atoms with Gasteiger partial charge in [0.2, 0.25) is 0 Å². The van der Waals surface area contributed by atoms with Crippen molar-refractivity contribution in [3.63, 3.8) is 0 Å². The van der Waals surface area contributed by atoms with Crippen LogP contribution in [0.3, 0.4) is 0 Å². The fourth-order valence-corrected chi connectivity index (χ4v) is 0.570. The minimum absolute atomic E-state index is 0. The van der Waals surface area contributed by atoms with Crippen molar-refractivity contribution in [3.8, 4) is 0 Å². The molecule has 0 fully saturated rings. The molecule has 0 aromatic rings. The molecule has 6 nitrogen and oxygen atoms in total. The van der Waals surface area contributed by atoms with Crippen LogP contribution in [0.1, 0.15) is 27.7 Å². The summed E-state index contributed by atoms with van der Waals surface area (Å²) in [7, 11) is 0. The molecule has 0 aromatic carbocycles. The average molecular weight is 290 g/mol. The van der Waals surface area contributed by atoms with E-state index in [-0.39, 0.29) is 28.9 Å². The summed E-state index contributed by atoms with van der Waals surface area (Å²) in [5.41, 5.74) is 10.3. The van der Waals surface area contributed by atoms with Gasteiger partial charge in [-0.15, -0.1) is 0 Å². The van der Waals surface area contributed by atoms with Gasteiger partial charge in [-0.1, -0.05) is 27.7 Å². The summed E-state index contributed by atoms with van der Waals surface area (Å²) in [5.74, 6) is -1.82. The van der Waals surface area contributed by atoms with Crippen LogP contribution in [0.2, 0.25) is 0 Å². The molecule has 0 saturated heterocycles. The minimum Gasteiger partial charge on any atom is -0.480 e. The van der Waals surface area contributed by atoms with E-state index in [0.29, 0.717) is 0 Å². The van der Waals surface area contributed by atoms with Crippen molar-refractivity contribution in [3.05, 3.63) is 0 Å². The molecule has 17 heavy (non-hydrogen) atoms. The Bertz CT molecular complexity index is 210. The molecule has 0 aliphatic rings. The number of hydrogen-bond donors (Lipinski definition) is 4. The van der Waals surface area contributed by atoms with E-state index >= 15 is 0 Å². The summed E-state index contributed by atoms with van der Waals surface area (Å²) in [6, 6.07) is -1.43. The van der Waals surface area contributed by atoms with E-state index < -0.39 is 24.0 Å². The number of hydrogen-bond acceptors (Lipinski definition) is 4. The predicted octanol–water partition coefficient (Wildman–Crippen LogP) is 0.106. The summed E-state index contributed by atoms with van der Waals surface area (Å²) in [5, 5.41) is 16.5. The van der Waals surface area contributed by atoms with E-state index in [1.54, 1.807) is 27.7 Å². The van der Waals surface area contributed by atoms with Crippen LogP contribution in [-0.4, -0.2) is 34.2 Å². The molecule has 0 radical (unpaired) electrons. The van der Waals surface area contributed by atoms with Crippen molar-refractivity contribution >= 4 is 11.9 Å². The Morgan fingerprint density at radius 3 is 1.00 bits per heavy atom. The van der Waals surface area contributed by atoms with Gasteiger partial charge in [0.15, 0.2) is 0 Å². The summed E-state index contributed by atoms with van der Waals surface area (Å²) < 4.78 is 0. The summed E-state index contributed by atoms with van der Waals surface area (Å²) in [6.45, 7) is 7.11. The van der Waals surface area contributed by atoms with Crippen LogP contribution in [0, 0.1) is 11.8 Å². The van der Waals surface area contributed by atoms with Gasteiger partial charge in [0.25, 0.3) is 0 Å². The van der Waals surface area contributed by atoms with Crippen molar-refractivity contribution in [2.45, 2.75) is 39.8 Å². The Balaban J connectivity index is -0.000000218. The SMILES string of the molecule is CC(C)[C@H](N)C(=O)O.CC(C)[C@H](N)C(=O)O.[Fe]. The molecular formula is C10H22FeN2O4. The van der Waals surface area contributed by atoms with Gasteiger partial charge < -0.3 is 21.7 Å². The molecule has 0 aromatic heterocycles. The molecule has 104 valence electrons. The number of carboxylic acids is 2. The summed E-state index contributed by atoms with van der Waals surface area (Å²) in [4.78, 5) is 20.0. The fourth-order valence-electron chi connectivity index (χ4n) is 0.570. The van der Waals surface area contributed by atoms with Crippen LogP contribution in [0.15, 0.2) is 0 Å². The molecule has 0 unspecified atom stereocenters. The molecule has 0 saturated carbocycles. The Hall–Kier alpha value is -0.621. The van der Waals surface area contributed by atoms with Gasteiger partial charge in [-0.2, -0.15) is 0 Å². The minimum atomic E-state index is -0.931. The average Bonchev–Trinajstić information content (AvgIpc) is 2.15. The van der Waals surface area contributed by atoms with Gasteiger partial charge in [-0.3, -0.25) is 9.59 Å². The topological polar surface area (TPSA) is 127 Å². The Kier molecular flexibility index (Phi) is 13.4. The Morgan fingerprint density at radius 1 is 0.824 bits per heavy atom. The molecule has 0 bridgehead atoms. The normalized spacial score (nSPS) is 13.2. The number of rotatable bonds is 4. The first-order valence-electron chi connectivity index (χ1n) is 5.08. The van der Waals surface area contributed by atoms with Crippen molar-refractivity contribution in [1.29, 1.82) is 0 Å². The zero-order valence-electron chi connectivity index (χ0n) is 10.5. The van der Waals surface area contributed by atoms with Gasteiger partial charge in [0.05, 0.1) is 0 Å². The first kappa shape index (κ1) is 21.6. The molecule has 6 N–H and O–H groups in total. The molecule has 0 amide bonds. The van der Waals surface area contributed by atoms with Gasteiger partial charge in [0, 0.05) is 17.1 Å². The van der Waals surface area contributed by atoms with Crippen LogP contribution in [0.5, 0.6) is 0 Å². The van der Waals surface area contributed by atoms with Crippen molar-refractivity contribution in [2.75, 3.05) is 0 Å². The second-order valence-electron chi connectivity index (χ2n) is 4.22. The Labute approximate surface area is 112 Å². The molecule has 0 rings (SSSR count). The number of carboxylic acid groups (broad SMARTS) is 2. The van der Waals surface area contributed by atoms with Crippen molar-refractivity contribution in [2.24, 2.45) is 23.3 Å². The maximum Gasteiger partial charge on any atom is 0.320 e. The van der Waals surface area contributed by atoms with Crippen LogP contribution >= 0.6 is 0 Å². The van der Waals surface area contributed by atoms with Crippen LogP contribution in [-0.2, 0) is 26.7 Å². The zero-order chi connectivity index (χ0) is 13.5. The van der Waals surface area contributed by atoms with E-state index in [0.717, 1.165) is 0 Å². The molecule has 0 aliphatic heterocycles. The zero-order valence-corrected chi connectivity index (χ0v) is 11.6. The second-order valence-corrected chi connectivity index (χ2v) is 4.22. The maximum atomic E-state index is 10.0. The predicted molar refractivity (Wildman–Crippen MR) is 60.9 cm³/mol. The first-order valence-corrected chi connectivity index (χ1v) is 5.08. The second kappa shape index (κ2) is 10.5. The third-order valence-corrected chi connectivity index (χ3v) is 2.01. The largest absolute Gasteiger partial charge is 0.480 e. The molecule has 0 heterocycles. The monoisotopic (exact) mass is 290 g/mol. The van der Waals surface area contributed by atoms with E-state index in [9.17, 15) is 9.59 Å². The first-order chi connectivity index (χ1) is 7.11. The van der Waals surface area contributed by atoms with Crippen LogP contribution < -0.4 is 11.5 Å². The van der Waals surface area contributed by atoms with Gasteiger partial charge in [0.1, 0.15) is 12.1 Å². The standard InChI is InChI=1S/2C5H11NO2.Fe/c2*1-3(2)4(6)5(7)8;/h2*3-4H,6H2,1-2H3,(H,7,8);/t2*4-;/m00./s1.